The minimum atomic E-state index is 0.906. The maximum absolute atomic E-state index is 6.32. The first-order valence-electron chi connectivity index (χ1n) is 20.8. The van der Waals surface area contributed by atoms with Crippen LogP contribution in [0.1, 0.15) is 0 Å². The maximum atomic E-state index is 6.32. The van der Waals surface area contributed by atoms with Gasteiger partial charge in [-0.15, -0.1) is 0 Å². The van der Waals surface area contributed by atoms with Crippen molar-refractivity contribution in [3.8, 4) is 11.1 Å². The molecule has 0 fully saturated rings. The zero-order chi connectivity index (χ0) is 40.3. The van der Waals surface area contributed by atoms with E-state index in [1.165, 1.54) is 43.3 Å². The first-order valence-corrected chi connectivity index (χ1v) is 20.8. The molecule has 0 bridgehead atoms. The van der Waals surface area contributed by atoms with Crippen LogP contribution in [0.4, 0.5) is 34.1 Å². The molecular weight excluding hydrogens is 741 g/mol. The van der Waals surface area contributed by atoms with Crippen molar-refractivity contribution in [3.63, 3.8) is 0 Å². The average molecular weight is 779 g/mol. The fourth-order valence-corrected chi connectivity index (χ4v) is 9.23. The SMILES string of the molecule is c1ccc(-c2cccc(N(c3cccc(N(c4ccccc4)c4ccc5ccc6ccccc6c5c4)c3)c3ccc4ccc5cc6oc7ccccc7c6cc5c4c3)c2)cc1. The lowest BCUT2D eigenvalue weighted by Crippen LogP contribution is -2.13. The van der Waals surface area contributed by atoms with Gasteiger partial charge in [-0.2, -0.15) is 0 Å². The molecule has 0 spiro atoms. The molecule has 0 atom stereocenters. The Morgan fingerprint density at radius 1 is 0.230 bits per heavy atom. The molecule has 0 unspecified atom stereocenters. The van der Waals surface area contributed by atoms with Crippen molar-refractivity contribution < 1.29 is 4.42 Å². The minimum Gasteiger partial charge on any atom is -0.456 e. The van der Waals surface area contributed by atoms with E-state index in [0.29, 0.717) is 0 Å². The molecule has 286 valence electrons. The highest BCUT2D eigenvalue weighted by Gasteiger charge is 2.20. The molecule has 1 aromatic heterocycles. The molecule has 0 radical (unpaired) electrons. The molecule has 0 aliphatic carbocycles. The van der Waals surface area contributed by atoms with Gasteiger partial charge in [-0.1, -0.05) is 146 Å². The summed E-state index contributed by atoms with van der Waals surface area (Å²) in [4.78, 5) is 4.77. The number of furan rings is 1. The topological polar surface area (TPSA) is 19.6 Å². The highest BCUT2D eigenvalue weighted by molar-refractivity contribution is 6.17. The van der Waals surface area contributed by atoms with E-state index in [-0.39, 0.29) is 0 Å². The summed E-state index contributed by atoms with van der Waals surface area (Å²) in [7, 11) is 0. The Hall–Kier alpha value is -8.14. The summed E-state index contributed by atoms with van der Waals surface area (Å²) in [6, 6.07) is 83.2. The number of rotatable bonds is 7. The van der Waals surface area contributed by atoms with E-state index in [2.05, 4.69) is 228 Å². The van der Waals surface area contributed by atoms with Crippen LogP contribution in [0.25, 0.3) is 76.2 Å². The van der Waals surface area contributed by atoms with Gasteiger partial charge < -0.3 is 14.2 Å². The minimum absolute atomic E-state index is 0.906. The Labute approximate surface area is 353 Å². The second kappa shape index (κ2) is 14.3. The number of hydrogen-bond acceptors (Lipinski definition) is 3. The number of fused-ring (bicyclic) bond motifs is 9. The molecule has 0 N–H and O–H groups in total. The lowest BCUT2D eigenvalue weighted by Gasteiger charge is -2.30. The first-order chi connectivity index (χ1) is 30.2. The normalized spacial score (nSPS) is 11.6. The molecule has 0 aliphatic rings. The molecule has 61 heavy (non-hydrogen) atoms. The fourth-order valence-electron chi connectivity index (χ4n) is 9.23. The summed E-state index contributed by atoms with van der Waals surface area (Å²) < 4.78 is 6.32. The molecular formula is C58H38N2O. The largest absolute Gasteiger partial charge is 0.456 e. The van der Waals surface area contributed by atoms with Crippen molar-refractivity contribution in [2.75, 3.05) is 9.80 Å². The highest BCUT2D eigenvalue weighted by atomic mass is 16.3. The molecule has 0 aliphatic heterocycles. The van der Waals surface area contributed by atoms with Gasteiger partial charge in [0.25, 0.3) is 0 Å². The number of anilines is 6. The van der Waals surface area contributed by atoms with E-state index in [1.54, 1.807) is 0 Å². The summed E-state index contributed by atoms with van der Waals surface area (Å²) in [6.07, 6.45) is 0. The molecule has 3 heteroatoms. The summed E-state index contributed by atoms with van der Waals surface area (Å²) in [5, 5.41) is 11.9. The maximum Gasteiger partial charge on any atom is 0.136 e. The molecule has 0 saturated carbocycles. The molecule has 1 heterocycles. The van der Waals surface area contributed by atoms with Gasteiger partial charge in [-0.25, -0.2) is 0 Å². The Kier molecular flexibility index (Phi) is 8.17. The molecule has 12 aromatic rings. The van der Waals surface area contributed by atoms with Crippen molar-refractivity contribution in [1.29, 1.82) is 0 Å². The number of para-hydroxylation sites is 2. The summed E-state index contributed by atoms with van der Waals surface area (Å²) >= 11 is 0. The Balaban J connectivity index is 1.06. The average Bonchev–Trinajstić information content (AvgIpc) is 3.69. The zero-order valence-corrected chi connectivity index (χ0v) is 33.2. The van der Waals surface area contributed by atoms with Gasteiger partial charge in [0.2, 0.25) is 0 Å². The van der Waals surface area contributed by atoms with E-state index in [4.69, 9.17) is 4.42 Å². The van der Waals surface area contributed by atoms with Crippen LogP contribution < -0.4 is 9.80 Å². The number of nitrogens with zero attached hydrogens (tertiary/aromatic N) is 2. The fraction of sp³-hybridized carbons (Fsp3) is 0. The van der Waals surface area contributed by atoms with Gasteiger partial charge in [0.15, 0.2) is 0 Å². The second-order valence-electron chi connectivity index (χ2n) is 15.8. The van der Waals surface area contributed by atoms with E-state index in [1.807, 2.05) is 12.1 Å². The van der Waals surface area contributed by atoms with Gasteiger partial charge >= 0.3 is 0 Å². The van der Waals surface area contributed by atoms with Crippen LogP contribution in [0, 0.1) is 0 Å². The van der Waals surface area contributed by atoms with Crippen molar-refractivity contribution >= 4 is 99.2 Å². The van der Waals surface area contributed by atoms with Crippen LogP contribution in [-0.2, 0) is 0 Å². The van der Waals surface area contributed by atoms with Crippen molar-refractivity contribution in [2.24, 2.45) is 0 Å². The third kappa shape index (κ3) is 6.06. The standard InChI is InChI=1S/C58H38N2O/c1-3-13-39(14-4-1)43-16-11-19-46(33-43)60(50-32-30-42-27-28-44-34-58-56(38-55(44)54(42)37-50)52-23-9-10-24-57(52)61-58)48-21-12-20-47(35-48)59(45-17-5-2-6-18-45)49-31-29-41-26-25-40-15-7-8-22-51(40)53(41)36-49/h1-38H. The lowest BCUT2D eigenvalue weighted by molar-refractivity contribution is 0.669. The van der Waals surface area contributed by atoms with E-state index >= 15 is 0 Å². The smallest absolute Gasteiger partial charge is 0.136 e. The molecule has 11 aromatic carbocycles. The lowest BCUT2D eigenvalue weighted by atomic mass is 9.98. The molecule has 3 nitrogen and oxygen atoms in total. The third-order valence-electron chi connectivity index (χ3n) is 12.1. The van der Waals surface area contributed by atoms with Crippen LogP contribution in [0.3, 0.4) is 0 Å². The summed E-state index contributed by atoms with van der Waals surface area (Å²) in [5.74, 6) is 0. The Bertz CT molecular complexity index is 3610. The highest BCUT2D eigenvalue weighted by Crippen LogP contribution is 2.44. The first kappa shape index (κ1) is 34.9. The van der Waals surface area contributed by atoms with Gasteiger partial charge in [0.1, 0.15) is 11.2 Å². The van der Waals surface area contributed by atoms with Crippen LogP contribution in [0.2, 0.25) is 0 Å². The van der Waals surface area contributed by atoms with Crippen LogP contribution >= 0.6 is 0 Å². The van der Waals surface area contributed by atoms with E-state index < -0.39 is 0 Å². The van der Waals surface area contributed by atoms with Crippen molar-refractivity contribution in [2.45, 2.75) is 0 Å². The van der Waals surface area contributed by atoms with E-state index in [0.717, 1.165) is 67.0 Å². The van der Waals surface area contributed by atoms with Gasteiger partial charge in [-0.05, 0) is 139 Å². The second-order valence-corrected chi connectivity index (χ2v) is 15.8. The van der Waals surface area contributed by atoms with Gasteiger partial charge in [-0.3, -0.25) is 0 Å². The van der Waals surface area contributed by atoms with E-state index in [9.17, 15) is 0 Å². The molecule has 0 amide bonds. The van der Waals surface area contributed by atoms with Gasteiger partial charge in [0, 0.05) is 44.9 Å². The predicted octanol–water partition coefficient (Wildman–Crippen LogP) is 16.8. The third-order valence-corrected chi connectivity index (χ3v) is 12.1. The quantitative estimate of drug-likeness (QED) is 0.150. The van der Waals surface area contributed by atoms with Crippen LogP contribution in [-0.4, -0.2) is 0 Å². The van der Waals surface area contributed by atoms with Crippen molar-refractivity contribution in [3.05, 3.63) is 231 Å². The Morgan fingerprint density at radius 2 is 0.705 bits per heavy atom. The van der Waals surface area contributed by atoms with Crippen LogP contribution in [0.5, 0.6) is 0 Å². The molecule has 0 saturated heterocycles. The number of benzene rings is 11. The monoisotopic (exact) mass is 778 g/mol. The summed E-state index contributed by atoms with van der Waals surface area (Å²) in [5.41, 5.74) is 10.6. The van der Waals surface area contributed by atoms with Crippen molar-refractivity contribution in [1.82, 2.24) is 0 Å². The summed E-state index contributed by atoms with van der Waals surface area (Å²) in [6.45, 7) is 0. The zero-order valence-electron chi connectivity index (χ0n) is 33.2. The predicted molar refractivity (Wildman–Crippen MR) is 259 cm³/mol. The van der Waals surface area contributed by atoms with Gasteiger partial charge in [0.05, 0.1) is 0 Å². The Morgan fingerprint density at radius 3 is 1.44 bits per heavy atom. The molecule has 12 rings (SSSR count). The number of hydrogen-bond donors (Lipinski definition) is 0. The van der Waals surface area contributed by atoms with Crippen LogP contribution in [0.15, 0.2) is 235 Å².